The van der Waals surface area contributed by atoms with Crippen molar-refractivity contribution >= 4 is 11.6 Å². The maximum Gasteiger partial charge on any atom is 0.115 e. The number of furan rings is 1. The molecule has 0 spiro atoms. The molecule has 1 aromatic heterocycles. The van der Waals surface area contributed by atoms with Gasteiger partial charge in [0.15, 0.2) is 0 Å². The zero-order chi connectivity index (χ0) is 10.3. The first-order valence-corrected chi connectivity index (χ1v) is 5.51. The van der Waals surface area contributed by atoms with Gasteiger partial charge in [0.2, 0.25) is 0 Å². The highest BCUT2D eigenvalue weighted by Crippen LogP contribution is 2.56. The van der Waals surface area contributed by atoms with E-state index in [9.17, 15) is 0 Å². The Bertz CT molecular complexity index is 449. The fourth-order valence-corrected chi connectivity index (χ4v) is 2.66. The third kappa shape index (κ3) is 1.23. The summed E-state index contributed by atoms with van der Waals surface area (Å²) in [7, 11) is 0. The second kappa shape index (κ2) is 3.14. The highest BCUT2D eigenvalue weighted by atomic mass is 35.5. The van der Waals surface area contributed by atoms with Crippen molar-refractivity contribution < 1.29 is 4.42 Å². The minimum atomic E-state index is -0.0771. The molecule has 15 heavy (non-hydrogen) atoms. The summed E-state index contributed by atoms with van der Waals surface area (Å²) < 4.78 is 5.50. The molecule has 1 fully saturated rings. The van der Waals surface area contributed by atoms with Crippen molar-refractivity contribution in [2.75, 3.05) is 0 Å². The summed E-state index contributed by atoms with van der Waals surface area (Å²) >= 11 is 6.27. The van der Waals surface area contributed by atoms with Crippen LogP contribution < -0.4 is 0 Å². The first-order chi connectivity index (χ1) is 7.34. The standard InChI is InChI=1S/C13H11ClO/c14-11-9-13(11,12-7-4-8-15-12)10-5-2-1-3-6-10/h1-8,11H,9H2. The Labute approximate surface area is 93.7 Å². The molecule has 2 heteroatoms. The minimum Gasteiger partial charge on any atom is -0.468 e. The van der Waals surface area contributed by atoms with E-state index in [-0.39, 0.29) is 10.8 Å². The molecule has 1 saturated carbocycles. The molecular formula is C13H11ClO. The molecule has 0 amide bonds. The summed E-state index contributed by atoms with van der Waals surface area (Å²) in [6, 6.07) is 14.3. The molecule has 76 valence electrons. The fourth-order valence-electron chi connectivity index (χ4n) is 2.19. The molecule has 1 aliphatic rings. The van der Waals surface area contributed by atoms with Gasteiger partial charge in [-0.05, 0) is 24.1 Å². The Kier molecular flexibility index (Phi) is 1.89. The van der Waals surface area contributed by atoms with E-state index in [1.807, 2.05) is 30.3 Å². The molecule has 0 saturated heterocycles. The van der Waals surface area contributed by atoms with Gasteiger partial charge in [-0.25, -0.2) is 0 Å². The number of alkyl halides is 1. The molecule has 0 radical (unpaired) electrons. The summed E-state index contributed by atoms with van der Waals surface area (Å²) in [4.78, 5) is 0. The van der Waals surface area contributed by atoms with Crippen molar-refractivity contribution in [3.8, 4) is 0 Å². The van der Waals surface area contributed by atoms with Crippen molar-refractivity contribution in [1.29, 1.82) is 0 Å². The van der Waals surface area contributed by atoms with Gasteiger partial charge < -0.3 is 4.42 Å². The number of rotatable bonds is 2. The molecule has 0 N–H and O–H groups in total. The summed E-state index contributed by atoms with van der Waals surface area (Å²) in [5.74, 6) is 0.980. The molecular weight excluding hydrogens is 208 g/mol. The van der Waals surface area contributed by atoms with Crippen LogP contribution in [0.4, 0.5) is 0 Å². The maximum atomic E-state index is 6.27. The monoisotopic (exact) mass is 218 g/mol. The van der Waals surface area contributed by atoms with Crippen LogP contribution in [0, 0.1) is 0 Å². The highest BCUT2D eigenvalue weighted by molar-refractivity contribution is 6.24. The Morgan fingerprint density at radius 1 is 1.13 bits per heavy atom. The van der Waals surface area contributed by atoms with Crippen LogP contribution >= 0.6 is 11.6 Å². The molecule has 3 rings (SSSR count). The smallest absolute Gasteiger partial charge is 0.115 e. The van der Waals surface area contributed by atoms with Gasteiger partial charge in [-0.1, -0.05) is 30.3 Å². The van der Waals surface area contributed by atoms with Gasteiger partial charge in [0.25, 0.3) is 0 Å². The lowest BCUT2D eigenvalue weighted by Crippen LogP contribution is -2.10. The van der Waals surface area contributed by atoms with Crippen molar-refractivity contribution in [2.45, 2.75) is 17.2 Å². The Hall–Kier alpha value is -1.21. The molecule has 2 atom stereocenters. The average molecular weight is 219 g/mol. The van der Waals surface area contributed by atoms with Crippen LogP contribution in [-0.2, 0) is 5.41 Å². The SMILES string of the molecule is ClC1CC1(c1ccccc1)c1ccco1. The molecule has 1 aromatic carbocycles. The van der Waals surface area contributed by atoms with E-state index >= 15 is 0 Å². The van der Waals surface area contributed by atoms with Crippen molar-refractivity contribution in [2.24, 2.45) is 0 Å². The molecule has 2 unspecified atom stereocenters. The third-order valence-electron chi connectivity index (χ3n) is 3.13. The average Bonchev–Trinajstić information content (AvgIpc) is 2.75. The number of benzene rings is 1. The second-order valence-electron chi connectivity index (χ2n) is 3.99. The van der Waals surface area contributed by atoms with Crippen LogP contribution in [0.25, 0.3) is 0 Å². The lowest BCUT2D eigenvalue weighted by molar-refractivity contribution is 0.479. The Balaban J connectivity index is 2.10. The van der Waals surface area contributed by atoms with E-state index in [0.717, 1.165) is 12.2 Å². The third-order valence-corrected chi connectivity index (χ3v) is 3.65. The van der Waals surface area contributed by atoms with Crippen LogP contribution in [0.2, 0.25) is 0 Å². The van der Waals surface area contributed by atoms with Gasteiger partial charge in [-0.2, -0.15) is 0 Å². The van der Waals surface area contributed by atoms with Gasteiger partial charge in [0, 0.05) is 0 Å². The second-order valence-corrected chi connectivity index (χ2v) is 4.51. The van der Waals surface area contributed by atoms with E-state index in [2.05, 4.69) is 12.1 Å². The predicted octanol–water partition coefficient (Wildman–Crippen LogP) is 3.58. The van der Waals surface area contributed by atoms with Crippen LogP contribution in [0.1, 0.15) is 17.7 Å². The Morgan fingerprint density at radius 3 is 2.40 bits per heavy atom. The molecule has 1 heterocycles. The van der Waals surface area contributed by atoms with Crippen molar-refractivity contribution in [3.63, 3.8) is 0 Å². The van der Waals surface area contributed by atoms with Gasteiger partial charge in [0.05, 0.1) is 17.1 Å². The van der Waals surface area contributed by atoms with Crippen LogP contribution in [0.15, 0.2) is 53.1 Å². The largest absolute Gasteiger partial charge is 0.468 e. The minimum absolute atomic E-state index is 0.0771. The van der Waals surface area contributed by atoms with Gasteiger partial charge in [-0.15, -0.1) is 11.6 Å². The molecule has 0 aliphatic heterocycles. The predicted molar refractivity (Wildman–Crippen MR) is 60.2 cm³/mol. The van der Waals surface area contributed by atoms with Crippen LogP contribution in [-0.4, -0.2) is 5.38 Å². The zero-order valence-corrected chi connectivity index (χ0v) is 8.95. The quantitative estimate of drug-likeness (QED) is 0.703. The van der Waals surface area contributed by atoms with Gasteiger partial charge >= 0.3 is 0 Å². The highest BCUT2D eigenvalue weighted by Gasteiger charge is 2.57. The first-order valence-electron chi connectivity index (χ1n) is 5.07. The van der Waals surface area contributed by atoms with Crippen LogP contribution in [0.3, 0.4) is 0 Å². The van der Waals surface area contributed by atoms with E-state index in [1.165, 1.54) is 5.56 Å². The van der Waals surface area contributed by atoms with Crippen LogP contribution in [0.5, 0.6) is 0 Å². The van der Waals surface area contributed by atoms with E-state index in [4.69, 9.17) is 16.0 Å². The normalized spacial score (nSPS) is 29.0. The van der Waals surface area contributed by atoms with E-state index in [0.29, 0.717) is 0 Å². The maximum absolute atomic E-state index is 6.27. The van der Waals surface area contributed by atoms with Crippen molar-refractivity contribution in [3.05, 3.63) is 60.1 Å². The number of hydrogen-bond donors (Lipinski definition) is 0. The van der Waals surface area contributed by atoms with E-state index in [1.54, 1.807) is 6.26 Å². The lowest BCUT2D eigenvalue weighted by Gasteiger charge is -2.13. The summed E-state index contributed by atoms with van der Waals surface area (Å²) in [5, 5.41) is 0.158. The molecule has 0 bridgehead atoms. The molecule has 1 aliphatic carbocycles. The fraction of sp³-hybridized carbons (Fsp3) is 0.231. The summed E-state index contributed by atoms with van der Waals surface area (Å²) in [6.07, 6.45) is 2.67. The van der Waals surface area contributed by atoms with Gasteiger partial charge in [0.1, 0.15) is 5.76 Å². The number of halogens is 1. The Morgan fingerprint density at radius 2 is 1.87 bits per heavy atom. The van der Waals surface area contributed by atoms with Crippen molar-refractivity contribution in [1.82, 2.24) is 0 Å². The summed E-state index contributed by atoms with van der Waals surface area (Å²) in [5.41, 5.74) is 1.17. The summed E-state index contributed by atoms with van der Waals surface area (Å²) in [6.45, 7) is 0. The topological polar surface area (TPSA) is 13.1 Å². The van der Waals surface area contributed by atoms with Gasteiger partial charge in [-0.3, -0.25) is 0 Å². The van der Waals surface area contributed by atoms with E-state index < -0.39 is 0 Å². The molecule has 1 nitrogen and oxygen atoms in total. The zero-order valence-electron chi connectivity index (χ0n) is 8.19. The first kappa shape index (κ1) is 9.05. The number of hydrogen-bond acceptors (Lipinski definition) is 1. The lowest BCUT2D eigenvalue weighted by atomic mass is 9.93. The molecule has 2 aromatic rings.